The van der Waals surface area contributed by atoms with Crippen molar-refractivity contribution in [3.8, 4) is 0 Å². The third kappa shape index (κ3) is 11.0. The van der Waals surface area contributed by atoms with Crippen LogP contribution >= 0.6 is 0 Å². The lowest BCUT2D eigenvalue weighted by Crippen LogP contribution is -2.65. The smallest absolute Gasteiger partial charge is 0.187 e. The summed E-state index contributed by atoms with van der Waals surface area (Å²) < 4.78 is 56.0. The zero-order valence-corrected chi connectivity index (χ0v) is 31.9. The summed E-state index contributed by atoms with van der Waals surface area (Å²) in [4.78, 5) is 0. The summed E-state index contributed by atoms with van der Waals surface area (Å²) in [7, 11) is 1.19. The van der Waals surface area contributed by atoms with Crippen molar-refractivity contribution in [1.82, 2.24) is 0 Å². The van der Waals surface area contributed by atoms with Crippen molar-refractivity contribution >= 4 is 0 Å². The summed E-state index contributed by atoms with van der Waals surface area (Å²) in [6.07, 6.45) is -37.7. The maximum Gasteiger partial charge on any atom is 0.187 e. The predicted octanol–water partition coefficient (Wildman–Crippen LogP) is -9.36. The average molecular weight is 857 g/mol. The number of aliphatic hydroxyl groups is 15. The summed E-state index contributed by atoms with van der Waals surface area (Å²) in [5, 5.41) is 156. The summed E-state index contributed by atoms with van der Waals surface area (Å²) in [6.45, 7) is -2.51. The number of hydrogen-bond donors (Lipinski definition) is 15. The summed E-state index contributed by atoms with van der Waals surface area (Å²) in [5.74, 6) is -1.10. The quantitative estimate of drug-likeness (QED) is 0.0536. The molecule has 4 heterocycles. The van der Waals surface area contributed by atoms with Crippen molar-refractivity contribution in [2.24, 2.45) is 5.92 Å². The van der Waals surface area contributed by atoms with Crippen LogP contribution in [0.4, 0.5) is 0 Å². The number of methoxy groups -OCH3 is 1. The minimum atomic E-state index is -2.00. The molecular weight excluding hydrogens is 796 g/mol. The van der Waals surface area contributed by atoms with Gasteiger partial charge in [-0.2, -0.15) is 0 Å². The lowest BCUT2D eigenvalue weighted by atomic mass is 9.91. The Labute approximate surface area is 331 Å². The fourth-order valence-electron chi connectivity index (χ4n) is 7.05. The Bertz CT molecular complexity index is 1190. The highest BCUT2D eigenvalue weighted by Crippen LogP contribution is 2.36. The second kappa shape index (κ2) is 22.4. The topological polar surface area (TPSA) is 396 Å². The number of aliphatic hydroxyl groups excluding tert-OH is 15. The lowest BCUT2D eigenvalue weighted by molar-refractivity contribution is -0.378. The number of ether oxygens (including phenoxy) is 10. The molecule has 4 saturated heterocycles. The SMILES string of the molecule is CO[C@@H]1OC(CO)[C@@H](O[C@H](OC(CO)[C@@H](CO)O[C@H]2OC(CO)[C@H](O)[C@H](O[C@@H]3OC(CO)[C@H](O)C(O[C@@H]4OC(CO)[C@H](O)C(O)[C@@H]4O)[C@@H]3C)C2O)[C@H](C)O)[C@H](O)C1O. The van der Waals surface area contributed by atoms with E-state index < -0.39 is 187 Å². The minimum Gasteiger partial charge on any atom is -0.394 e. The van der Waals surface area contributed by atoms with E-state index in [0.29, 0.717) is 0 Å². The first-order chi connectivity index (χ1) is 27.5. The van der Waals surface area contributed by atoms with Crippen molar-refractivity contribution in [3.63, 3.8) is 0 Å². The van der Waals surface area contributed by atoms with Gasteiger partial charge in [-0.3, -0.25) is 0 Å². The van der Waals surface area contributed by atoms with Crippen LogP contribution in [-0.2, 0) is 47.4 Å². The molecule has 4 aliphatic rings. The van der Waals surface area contributed by atoms with E-state index in [1.807, 2.05) is 0 Å². The van der Waals surface area contributed by atoms with Crippen LogP contribution in [0.1, 0.15) is 13.8 Å². The molecule has 25 heteroatoms. The Morgan fingerprint density at radius 2 is 0.966 bits per heavy atom. The van der Waals surface area contributed by atoms with Crippen LogP contribution in [-0.4, -0.2) is 265 Å². The van der Waals surface area contributed by atoms with Gasteiger partial charge in [0.05, 0.1) is 45.7 Å². The van der Waals surface area contributed by atoms with Gasteiger partial charge in [-0.25, -0.2) is 0 Å². The summed E-state index contributed by atoms with van der Waals surface area (Å²) in [6, 6.07) is 0. The first kappa shape index (κ1) is 49.7. The maximum absolute atomic E-state index is 11.4. The van der Waals surface area contributed by atoms with E-state index in [9.17, 15) is 76.6 Å². The molecule has 4 rings (SSSR count). The Hall–Kier alpha value is -1.00. The molecule has 0 radical (unpaired) electrons. The second-order valence-corrected chi connectivity index (χ2v) is 14.5. The molecular formula is C33H60O25. The van der Waals surface area contributed by atoms with Crippen molar-refractivity contribution in [1.29, 1.82) is 0 Å². The van der Waals surface area contributed by atoms with E-state index in [2.05, 4.69) is 0 Å². The number of rotatable bonds is 19. The third-order valence-corrected chi connectivity index (χ3v) is 10.5. The highest BCUT2D eigenvalue weighted by Gasteiger charge is 2.54. The standard InChI is InChI=1S/C33H60O25/c1-10-26(56-32-23(46)21(44)18(41)14(6-36)53-32)19(42)15(7-37)52-29(10)58-28-20(43)16(8-38)54-33(25(28)48)51-13(5-35)12(4-34)50-30(11(2)40)57-27-17(9-39)55-31(49-3)24(47)22(27)45/h10-48H,4-9H2,1-3H3/t10-,11-,12?,13+,14?,15?,16?,17?,18-,19-,20-,21?,22+,23-,24?,25?,26?,27+,28-,29-,30-,31+,32-,33-/m0/s1. The average Bonchev–Trinajstić information content (AvgIpc) is 3.21. The third-order valence-electron chi connectivity index (χ3n) is 10.5. The molecule has 0 amide bonds. The fourth-order valence-corrected chi connectivity index (χ4v) is 7.05. The van der Waals surface area contributed by atoms with Crippen LogP contribution in [0, 0.1) is 5.92 Å². The zero-order valence-electron chi connectivity index (χ0n) is 31.9. The van der Waals surface area contributed by atoms with Gasteiger partial charge in [0.1, 0.15) is 104 Å². The molecule has 0 spiro atoms. The summed E-state index contributed by atoms with van der Waals surface area (Å²) >= 11 is 0. The molecule has 0 saturated carbocycles. The largest absolute Gasteiger partial charge is 0.394 e. The van der Waals surface area contributed by atoms with Gasteiger partial charge >= 0.3 is 0 Å². The Kier molecular flexibility index (Phi) is 19.2. The molecule has 342 valence electrons. The van der Waals surface area contributed by atoms with Gasteiger partial charge in [0, 0.05) is 13.0 Å². The van der Waals surface area contributed by atoms with Crippen molar-refractivity contribution in [3.05, 3.63) is 0 Å². The van der Waals surface area contributed by atoms with Crippen LogP contribution < -0.4 is 0 Å². The Balaban J connectivity index is 1.50. The summed E-state index contributed by atoms with van der Waals surface area (Å²) in [5.41, 5.74) is 0. The van der Waals surface area contributed by atoms with E-state index in [0.717, 1.165) is 0 Å². The van der Waals surface area contributed by atoms with Crippen LogP contribution in [0.15, 0.2) is 0 Å². The van der Waals surface area contributed by atoms with Crippen LogP contribution in [0.3, 0.4) is 0 Å². The molecule has 0 aromatic carbocycles. The zero-order chi connectivity index (χ0) is 43.2. The van der Waals surface area contributed by atoms with Gasteiger partial charge < -0.3 is 124 Å². The highest BCUT2D eigenvalue weighted by atomic mass is 16.8. The first-order valence-electron chi connectivity index (χ1n) is 18.7. The molecule has 0 aliphatic carbocycles. The molecule has 9 unspecified atom stereocenters. The van der Waals surface area contributed by atoms with Gasteiger partial charge in [-0.15, -0.1) is 0 Å². The highest BCUT2D eigenvalue weighted by molar-refractivity contribution is 4.96. The molecule has 4 fully saturated rings. The minimum absolute atomic E-state index is 0.734. The van der Waals surface area contributed by atoms with Gasteiger partial charge in [0.2, 0.25) is 0 Å². The van der Waals surface area contributed by atoms with E-state index in [1.54, 1.807) is 0 Å². The lowest BCUT2D eigenvalue weighted by Gasteiger charge is -2.49. The first-order valence-corrected chi connectivity index (χ1v) is 18.7. The van der Waals surface area contributed by atoms with Crippen molar-refractivity contribution in [2.75, 3.05) is 46.8 Å². The molecule has 24 atom stereocenters. The molecule has 25 nitrogen and oxygen atoms in total. The monoisotopic (exact) mass is 856 g/mol. The second-order valence-electron chi connectivity index (χ2n) is 14.5. The maximum atomic E-state index is 11.4. The van der Waals surface area contributed by atoms with Crippen LogP contribution in [0.2, 0.25) is 0 Å². The normalized spacial score (nSPS) is 46.0. The molecule has 0 aromatic rings. The van der Waals surface area contributed by atoms with Crippen molar-refractivity contribution in [2.45, 2.75) is 155 Å². The Morgan fingerprint density at radius 3 is 1.50 bits per heavy atom. The van der Waals surface area contributed by atoms with E-state index in [-0.39, 0.29) is 0 Å². The van der Waals surface area contributed by atoms with Gasteiger partial charge in [-0.1, -0.05) is 6.92 Å². The van der Waals surface area contributed by atoms with Crippen molar-refractivity contribution < 1.29 is 124 Å². The van der Waals surface area contributed by atoms with E-state index in [1.165, 1.54) is 21.0 Å². The predicted molar refractivity (Wildman–Crippen MR) is 181 cm³/mol. The number of hydrogen-bond acceptors (Lipinski definition) is 25. The molecule has 15 N–H and O–H groups in total. The van der Waals surface area contributed by atoms with Gasteiger partial charge in [0.15, 0.2) is 31.5 Å². The van der Waals surface area contributed by atoms with Crippen LogP contribution in [0.5, 0.6) is 0 Å². The van der Waals surface area contributed by atoms with E-state index >= 15 is 0 Å². The fraction of sp³-hybridized carbons (Fsp3) is 1.00. The molecule has 4 aliphatic heterocycles. The van der Waals surface area contributed by atoms with E-state index in [4.69, 9.17) is 47.4 Å². The molecule has 0 aromatic heterocycles. The molecule has 58 heavy (non-hydrogen) atoms. The molecule has 0 bridgehead atoms. The van der Waals surface area contributed by atoms with Gasteiger partial charge in [0.25, 0.3) is 0 Å². The van der Waals surface area contributed by atoms with Gasteiger partial charge in [-0.05, 0) is 6.92 Å². The van der Waals surface area contributed by atoms with Crippen LogP contribution in [0.25, 0.3) is 0 Å². The Morgan fingerprint density at radius 1 is 0.483 bits per heavy atom.